The van der Waals surface area contributed by atoms with Gasteiger partial charge < -0.3 is 26.2 Å². The Hall–Kier alpha value is -3.65. The fraction of sp³-hybridized carbons (Fsp3) is 0.735. The highest BCUT2D eigenvalue weighted by molar-refractivity contribution is 7.89. The lowest BCUT2D eigenvalue weighted by Crippen LogP contribution is -2.62. The number of nitrogens with one attached hydrogen (secondary N) is 4. The average molecular weight is 747 g/mol. The van der Waals surface area contributed by atoms with E-state index in [1.165, 1.54) is 15.3 Å². The number of hydrogen-bond acceptors (Lipinski definition) is 7. The first-order valence-electron chi connectivity index (χ1n) is 17.0. The largest absolute Gasteiger partial charge is 0.389 e. The monoisotopic (exact) mass is 746 g/mol. The first kappa shape index (κ1) is 43.5. The van der Waals surface area contributed by atoms with Gasteiger partial charge in [-0.3, -0.25) is 19.2 Å². The van der Waals surface area contributed by atoms with E-state index >= 15 is 0 Å². The van der Waals surface area contributed by atoms with Crippen LogP contribution in [-0.2, 0) is 29.2 Å². The Morgan fingerprint density at radius 3 is 2.14 bits per heavy atom. The molecule has 17 heteroatoms. The Labute approximate surface area is 299 Å². The topological polar surface area (TPSA) is 174 Å². The number of urea groups is 1. The van der Waals surface area contributed by atoms with Crippen LogP contribution in [0.5, 0.6) is 0 Å². The Balaban J connectivity index is 2.43. The number of rotatable bonds is 15. The predicted molar refractivity (Wildman–Crippen MR) is 185 cm³/mol. The smallest absolute Gasteiger partial charge is 0.346 e. The third-order valence-corrected chi connectivity index (χ3v) is 11.3. The molecule has 0 aromatic heterocycles. The Morgan fingerprint density at radius 1 is 1.02 bits per heavy atom. The minimum Gasteiger partial charge on any atom is -0.346 e. The van der Waals surface area contributed by atoms with Crippen LogP contribution in [0.25, 0.3) is 0 Å². The first-order valence-corrected chi connectivity index (χ1v) is 18.6. The second kappa shape index (κ2) is 17.2. The fourth-order valence-corrected chi connectivity index (χ4v) is 7.71. The summed E-state index contributed by atoms with van der Waals surface area (Å²) < 4.78 is 65.9. The summed E-state index contributed by atoms with van der Waals surface area (Å²) in [6, 6.07) is -5.83. The molecule has 2 saturated heterocycles. The quantitative estimate of drug-likeness (QED) is 0.113. The molecule has 0 radical (unpaired) electrons. The molecule has 2 aliphatic rings. The Kier molecular flexibility index (Phi) is 14.7. The molecule has 0 aromatic rings. The number of terminal acetylenes is 1. The molecule has 5 amide bonds. The molecule has 0 aliphatic carbocycles. The number of Topliss-reactive ketones (excluding diaryl/α,β-unsaturated/α-hetero) is 1. The van der Waals surface area contributed by atoms with Gasteiger partial charge in [0.1, 0.15) is 12.1 Å². The second-order valence-electron chi connectivity index (χ2n) is 15.1. The highest BCUT2D eigenvalue weighted by atomic mass is 32.2. The SMILES string of the molecule is C#CC(C)(C)[C@H]1CCN(C(=O)[C@@H](NC(=O)N[C@H](CN2CCCS2(=O)=O)C(C)C)C(C)(C)C)[C@@H]1C(=O)NC(CCC(F)(F)F)C(=O)C(=O)NCC=C. The summed E-state index contributed by atoms with van der Waals surface area (Å²) >= 11 is 0. The van der Waals surface area contributed by atoms with Crippen molar-refractivity contribution < 1.29 is 45.6 Å². The van der Waals surface area contributed by atoms with Gasteiger partial charge in [-0.2, -0.15) is 17.5 Å². The van der Waals surface area contributed by atoms with Crippen LogP contribution < -0.4 is 21.3 Å². The highest BCUT2D eigenvalue weighted by Crippen LogP contribution is 2.40. The lowest BCUT2D eigenvalue weighted by molar-refractivity contribution is -0.148. The fourth-order valence-electron chi connectivity index (χ4n) is 6.17. The van der Waals surface area contributed by atoms with Crippen molar-refractivity contribution in [1.29, 1.82) is 0 Å². The summed E-state index contributed by atoms with van der Waals surface area (Å²) in [4.78, 5) is 68.5. The zero-order chi connectivity index (χ0) is 39.1. The molecule has 0 aromatic carbocycles. The van der Waals surface area contributed by atoms with E-state index < -0.39 is 99.5 Å². The van der Waals surface area contributed by atoms with E-state index in [9.17, 15) is 45.6 Å². The van der Waals surface area contributed by atoms with E-state index in [4.69, 9.17) is 6.42 Å². The van der Waals surface area contributed by atoms with Gasteiger partial charge in [-0.25, -0.2) is 13.2 Å². The Bertz CT molecular complexity index is 1470. The van der Waals surface area contributed by atoms with Crippen molar-refractivity contribution in [3.63, 3.8) is 0 Å². The molecule has 13 nitrogen and oxygen atoms in total. The van der Waals surface area contributed by atoms with Crippen molar-refractivity contribution in [1.82, 2.24) is 30.5 Å². The molecule has 0 spiro atoms. The van der Waals surface area contributed by atoms with E-state index in [2.05, 4.69) is 33.8 Å². The van der Waals surface area contributed by atoms with Crippen molar-refractivity contribution >= 4 is 39.6 Å². The highest BCUT2D eigenvalue weighted by Gasteiger charge is 2.51. The van der Waals surface area contributed by atoms with Crippen LogP contribution in [0, 0.1) is 35.0 Å². The van der Waals surface area contributed by atoms with E-state index in [0.29, 0.717) is 13.0 Å². The maximum absolute atomic E-state index is 14.4. The van der Waals surface area contributed by atoms with Gasteiger partial charge in [0.15, 0.2) is 0 Å². The molecule has 51 heavy (non-hydrogen) atoms. The van der Waals surface area contributed by atoms with Crippen LogP contribution in [-0.4, -0.2) is 109 Å². The standard InChI is InChI=1S/C34H53F3N6O7S/c1-10-16-38-29(46)26(44)23(13-15-34(35,36)37)39-28(45)25-22(33(8,9)11-2)14-18-43(25)30(47)27(32(5,6)7)41-31(48)40-24(21(3)4)20-42-17-12-19-51(42,49)50/h2,10,21-25,27H,1,12-20H2,3-9H3,(H,38,46)(H,39,45)(H2,40,41,48)/t22-,23?,24+,25-,27+/m0/s1. The predicted octanol–water partition coefficient (Wildman–Crippen LogP) is 2.34. The number of sulfonamides is 1. The molecule has 5 atom stereocenters. The summed E-state index contributed by atoms with van der Waals surface area (Å²) in [6.45, 7) is 15.7. The molecule has 0 saturated carbocycles. The van der Waals surface area contributed by atoms with Crippen LogP contribution in [0.2, 0.25) is 0 Å². The number of carbonyl (C=O) groups is 5. The molecule has 288 valence electrons. The van der Waals surface area contributed by atoms with E-state index in [1.54, 1.807) is 34.6 Å². The van der Waals surface area contributed by atoms with E-state index in [-0.39, 0.29) is 37.7 Å². The summed E-state index contributed by atoms with van der Waals surface area (Å²) in [7, 11) is -3.44. The number of alkyl halides is 3. The normalized spacial score (nSPS) is 21.3. The summed E-state index contributed by atoms with van der Waals surface area (Å²) in [5, 5.41) is 10.0. The zero-order valence-corrected chi connectivity index (χ0v) is 31.3. The number of amides is 5. The van der Waals surface area contributed by atoms with Gasteiger partial charge in [0, 0.05) is 50.0 Å². The molecular formula is C34H53F3N6O7S. The molecule has 2 fully saturated rings. The first-order chi connectivity index (χ1) is 23.4. The average Bonchev–Trinajstić information content (AvgIpc) is 3.62. The van der Waals surface area contributed by atoms with Crippen molar-refractivity contribution in [2.24, 2.45) is 22.7 Å². The van der Waals surface area contributed by atoms with Crippen LogP contribution in [0.3, 0.4) is 0 Å². The van der Waals surface area contributed by atoms with Crippen molar-refractivity contribution in [3.8, 4) is 12.3 Å². The minimum absolute atomic E-state index is 0.00893. The zero-order valence-electron chi connectivity index (χ0n) is 30.5. The number of carbonyl (C=O) groups excluding carboxylic acids is 5. The van der Waals surface area contributed by atoms with Gasteiger partial charge >= 0.3 is 12.2 Å². The lowest BCUT2D eigenvalue weighted by atomic mass is 9.75. The summed E-state index contributed by atoms with van der Waals surface area (Å²) in [5.41, 5.74) is -1.94. The van der Waals surface area contributed by atoms with Gasteiger partial charge in [-0.05, 0) is 44.4 Å². The molecule has 4 N–H and O–H groups in total. The molecule has 0 bridgehead atoms. The van der Waals surface area contributed by atoms with Gasteiger partial charge in [0.25, 0.3) is 5.91 Å². The number of likely N-dealkylation sites (tertiary alicyclic amines) is 1. The van der Waals surface area contributed by atoms with Crippen molar-refractivity contribution in [2.75, 3.05) is 31.9 Å². The molecule has 2 aliphatic heterocycles. The number of hydrogen-bond donors (Lipinski definition) is 4. The minimum atomic E-state index is -4.70. The van der Waals surface area contributed by atoms with Gasteiger partial charge in [-0.15, -0.1) is 18.9 Å². The van der Waals surface area contributed by atoms with E-state index in [0.717, 1.165) is 0 Å². The van der Waals surface area contributed by atoms with Crippen LogP contribution in [0.4, 0.5) is 18.0 Å². The van der Waals surface area contributed by atoms with Crippen LogP contribution >= 0.6 is 0 Å². The third kappa shape index (κ3) is 11.9. The van der Waals surface area contributed by atoms with Crippen LogP contribution in [0.1, 0.15) is 74.1 Å². The van der Waals surface area contributed by atoms with Crippen LogP contribution in [0.15, 0.2) is 12.7 Å². The van der Waals surface area contributed by atoms with Crippen molar-refractivity contribution in [3.05, 3.63) is 12.7 Å². The number of ketones is 1. The number of nitrogens with zero attached hydrogens (tertiary/aromatic N) is 2. The molecule has 1 unspecified atom stereocenters. The van der Waals surface area contributed by atoms with Crippen molar-refractivity contribution in [2.45, 2.75) is 104 Å². The number of halogens is 3. The van der Waals surface area contributed by atoms with Gasteiger partial charge in [0.2, 0.25) is 27.6 Å². The maximum Gasteiger partial charge on any atom is 0.389 e. The summed E-state index contributed by atoms with van der Waals surface area (Å²) in [6.07, 6.45) is 0.661. The lowest BCUT2D eigenvalue weighted by Gasteiger charge is -2.38. The van der Waals surface area contributed by atoms with Gasteiger partial charge in [0.05, 0.1) is 11.8 Å². The molecular weight excluding hydrogens is 693 g/mol. The maximum atomic E-state index is 14.4. The van der Waals surface area contributed by atoms with Gasteiger partial charge in [-0.1, -0.05) is 40.7 Å². The third-order valence-electron chi connectivity index (χ3n) is 9.34. The molecule has 2 heterocycles. The Morgan fingerprint density at radius 2 is 1.65 bits per heavy atom. The van der Waals surface area contributed by atoms with E-state index in [1.807, 2.05) is 13.8 Å². The second-order valence-corrected chi connectivity index (χ2v) is 17.2. The summed E-state index contributed by atoms with van der Waals surface area (Å²) in [5.74, 6) is -2.44. The molecule has 2 rings (SSSR count).